The van der Waals surface area contributed by atoms with E-state index in [0.717, 1.165) is 43.1 Å². The third-order valence-electron chi connectivity index (χ3n) is 11.4. The smallest absolute Gasteiger partial charge is 0.311 e. The second-order valence-electron chi connectivity index (χ2n) is 12.8. The first kappa shape index (κ1) is 20.3. The van der Waals surface area contributed by atoms with E-state index in [1.807, 2.05) is 6.92 Å². The third kappa shape index (κ3) is 2.91. The van der Waals surface area contributed by atoms with Crippen molar-refractivity contribution in [1.29, 1.82) is 0 Å². The average molecular weight is 443 g/mol. The van der Waals surface area contributed by atoms with Gasteiger partial charge in [0.25, 0.3) is 0 Å². The van der Waals surface area contributed by atoms with Crippen LogP contribution in [0.15, 0.2) is 0 Å². The maximum Gasteiger partial charge on any atom is 0.311 e. The molecule has 32 heavy (non-hydrogen) atoms. The summed E-state index contributed by atoms with van der Waals surface area (Å²) < 4.78 is 17.5. The van der Waals surface area contributed by atoms with Crippen molar-refractivity contribution in [2.24, 2.45) is 64.6 Å². The van der Waals surface area contributed by atoms with Crippen molar-refractivity contribution >= 4 is 11.9 Å². The zero-order valence-electron chi connectivity index (χ0n) is 19.4. The molecule has 8 aliphatic carbocycles. The van der Waals surface area contributed by atoms with Gasteiger partial charge < -0.3 is 14.2 Å². The Morgan fingerprint density at radius 1 is 0.844 bits per heavy atom. The first-order valence-electron chi connectivity index (χ1n) is 13.5. The highest BCUT2D eigenvalue weighted by Crippen LogP contribution is 2.69. The van der Waals surface area contributed by atoms with Crippen molar-refractivity contribution in [3.8, 4) is 0 Å². The van der Waals surface area contributed by atoms with Crippen LogP contribution in [0.25, 0.3) is 0 Å². The van der Waals surface area contributed by atoms with E-state index < -0.39 is 0 Å². The maximum atomic E-state index is 13.0. The number of esters is 2. The first-order valence-corrected chi connectivity index (χ1v) is 13.5. The lowest BCUT2D eigenvalue weighted by molar-refractivity contribution is -0.170. The molecular weight excluding hydrogens is 404 g/mol. The molecule has 5 nitrogen and oxygen atoms in total. The van der Waals surface area contributed by atoms with Gasteiger partial charge in [0, 0.05) is 6.42 Å². The van der Waals surface area contributed by atoms with Crippen LogP contribution in [0.5, 0.6) is 0 Å². The summed E-state index contributed by atoms with van der Waals surface area (Å²) in [5, 5.41) is 0. The number of carbonyl (C=O) groups excluding carboxylic acids is 2. The monoisotopic (exact) mass is 442 g/mol. The van der Waals surface area contributed by atoms with Gasteiger partial charge in [-0.25, -0.2) is 0 Å². The molecule has 10 unspecified atom stereocenters. The van der Waals surface area contributed by atoms with Gasteiger partial charge in [0.1, 0.15) is 6.10 Å². The molecule has 0 aromatic carbocycles. The largest absolute Gasteiger partial charge is 0.462 e. The van der Waals surface area contributed by atoms with Crippen molar-refractivity contribution in [3.05, 3.63) is 0 Å². The molecule has 0 radical (unpaired) electrons. The molecule has 8 rings (SSSR count). The Balaban J connectivity index is 0.932. The molecule has 0 aliphatic heterocycles. The van der Waals surface area contributed by atoms with Crippen LogP contribution in [0, 0.1) is 64.6 Å². The SMILES string of the molecule is CCC(=O)OC1CC2CC1C1C3CC(CC3C(=O)OCOCC34CC5CC(C3)C(C5)C4)C21. The number of carbonyl (C=O) groups is 2. The minimum atomic E-state index is -0.0707. The highest BCUT2D eigenvalue weighted by molar-refractivity contribution is 5.73. The number of rotatable bonds is 7. The molecule has 8 aliphatic rings. The molecule has 8 bridgehead atoms. The van der Waals surface area contributed by atoms with E-state index in [1.165, 1.54) is 44.9 Å². The quantitative estimate of drug-likeness (QED) is 0.250. The molecule has 0 saturated heterocycles. The summed E-state index contributed by atoms with van der Waals surface area (Å²) >= 11 is 0. The fourth-order valence-corrected chi connectivity index (χ4v) is 10.8. The van der Waals surface area contributed by atoms with E-state index in [-0.39, 0.29) is 30.8 Å². The minimum Gasteiger partial charge on any atom is -0.462 e. The Kier molecular flexibility index (Phi) is 4.56. The van der Waals surface area contributed by atoms with Gasteiger partial charge in [-0.2, -0.15) is 0 Å². The predicted molar refractivity (Wildman–Crippen MR) is 116 cm³/mol. The molecule has 8 saturated carbocycles. The van der Waals surface area contributed by atoms with E-state index in [1.54, 1.807) is 0 Å². The molecule has 176 valence electrons. The fourth-order valence-electron chi connectivity index (χ4n) is 10.8. The van der Waals surface area contributed by atoms with Gasteiger partial charge in [0.05, 0.1) is 12.5 Å². The minimum absolute atomic E-state index is 0.0306. The number of ether oxygens (including phenoxy) is 3. The first-order chi connectivity index (χ1) is 15.5. The van der Waals surface area contributed by atoms with Crippen molar-refractivity contribution in [3.63, 3.8) is 0 Å². The summed E-state index contributed by atoms with van der Waals surface area (Å²) in [6.07, 6.45) is 11.9. The molecule has 8 fully saturated rings. The molecule has 10 atom stereocenters. The lowest BCUT2D eigenvalue weighted by Crippen LogP contribution is -2.41. The standard InChI is InChI=1S/C27H38O5/c1-2-23(28)32-22-8-16-7-21(22)25-19-5-15(24(16)25)6-20(19)26(29)31-13-30-12-27-9-14-3-17(10-27)18(4-14)11-27/h14-22,24-25H,2-13H2,1H3. The maximum absolute atomic E-state index is 13.0. The topological polar surface area (TPSA) is 61.8 Å². The molecular formula is C27H38O5. The average Bonchev–Trinajstić information content (AvgIpc) is 3.59. The number of fused-ring (bicyclic) bond motifs is 9. The van der Waals surface area contributed by atoms with Crippen molar-refractivity contribution in [2.45, 2.75) is 77.2 Å². The third-order valence-corrected chi connectivity index (χ3v) is 11.4. The zero-order valence-corrected chi connectivity index (χ0v) is 19.4. The molecule has 0 heterocycles. The van der Waals surface area contributed by atoms with Crippen LogP contribution in [0.1, 0.15) is 71.1 Å². The summed E-state index contributed by atoms with van der Waals surface area (Å²) in [6, 6.07) is 0. The van der Waals surface area contributed by atoms with E-state index in [9.17, 15) is 9.59 Å². The predicted octanol–water partition coefficient (Wildman–Crippen LogP) is 4.58. The van der Waals surface area contributed by atoms with Crippen LogP contribution in [0.3, 0.4) is 0 Å². The molecule has 0 aromatic rings. The van der Waals surface area contributed by atoms with E-state index >= 15 is 0 Å². The Bertz CT molecular complexity index is 788. The number of hydrogen-bond donors (Lipinski definition) is 0. The second-order valence-corrected chi connectivity index (χ2v) is 12.8. The molecule has 0 spiro atoms. The van der Waals surface area contributed by atoms with E-state index in [4.69, 9.17) is 14.2 Å². The molecule has 0 aromatic heterocycles. The van der Waals surface area contributed by atoms with Crippen LogP contribution in [0.4, 0.5) is 0 Å². The summed E-state index contributed by atoms with van der Waals surface area (Å²) in [4.78, 5) is 24.9. The zero-order chi connectivity index (χ0) is 21.6. The molecule has 0 amide bonds. The van der Waals surface area contributed by atoms with Gasteiger partial charge in [-0.05, 0) is 116 Å². The second kappa shape index (κ2) is 7.20. The normalized spacial score (nSPS) is 53.2. The van der Waals surface area contributed by atoms with Gasteiger partial charge in [0.15, 0.2) is 6.79 Å². The van der Waals surface area contributed by atoms with Gasteiger partial charge in [0.2, 0.25) is 0 Å². The Morgan fingerprint density at radius 2 is 1.59 bits per heavy atom. The lowest BCUT2D eigenvalue weighted by Gasteiger charge is -2.40. The van der Waals surface area contributed by atoms with Crippen LogP contribution in [-0.2, 0) is 23.8 Å². The van der Waals surface area contributed by atoms with Crippen molar-refractivity contribution < 1.29 is 23.8 Å². The van der Waals surface area contributed by atoms with Gasteiger partial charge in [-0.15, -0.1) is 0 Å². The fraction of sp³-hybridized carbons (Fsp3) is 0.926. The Labute approximate surface area is 191 Å². The van der Waals surface area contributed by atoms with Crippen LogP contribution >= 0.6 is 0 Å². The summed E-state index contributed by atoms with van der Waals surface area (Å²) in [5.41, 5.74) is 0.385. The summed E-state index contributed by atoms with van der Waals surface area (Å²) in [6.45, 7) is 2.77. The van der Waals surface area contributed by atoms with Crippen LogP contribution < -0.4 is 0 Å². The van der Waals surface area contributed by atoms with E-state index in [2.05, 4.69) is 0 Å². The highest BCUT2D eigenvalue weighted by Gasteiger charge is 2.66. The highest BCUT2D eigenvalue weighted by atomic mass is 16.7. The van der Waals surface area contributed by atoms with Crippen LogP contribution in [-0.4, -0.2) is 31.4 Å². The van der Waals surface area contributed by atoms with Gasteiger partial charge >= 0.3 is 11.9 Å². The van der Waals surface area contributed by atoms with E-state index in [0.29, 0.717) is 41.4 Å². The summed E-state index contributed by atoms with van der Waals surface area (Å²) in [5.74, 6) is 6.34. The Hall–Kier alpha value is -1.10. The van der Waals surface area contributed by atoms with Crippen molar-refractivity contribution in [1.82, 2.24) is 0 Å². The lowest BCUT2D eigenvalue weighted by atomic mass is 9.67. The summed E-state index contributed by atoms with van der Waals surface area (Å²) in [7, 11) is 0. The van der Waals surface area contributed by atoms with Gasteiger partial charge in [-0.3, -0.25) is 9.59 Å². The van der Waals surface area contributed by atoms with Crippen molar-refractivity contribution in [2.75, 3.05) is 13.4 Å². The Morgan fingerprint density at radius 3 is 2.34 bits per heavy atom. The van der Waals surface area contributed by atoms with Gasteiger partial charge in [-0.1, -0.05) is 6.92 Å². The molecule has 0 N–H and O–H groups in total. The number of hydrogen-bond acceptors (Lipinski definition) is 5. The van der Waals surface area contributed by atoms with Crippen LogP contribution in [0.2, 0.25) is 0 Å². The molecule has 5 heteroatoms.